The van der Waals surface area contributed by atoms with Gasteiger partial charge in [-0.15, -0.1) is 0 Å². The number of hydrogen-bond acceptors (Lipinski definition) is 4. The van der Waals surface area contributed by atoms with E-state index in [1.54, 1.807) is 42.5 Å². The number of nitrogens with zero attached hydrogens (tertiary/aromatic N) is 1. The van der Waals surface area contributed by atoms with E-state index in [4.69, 9.17) is 33.0 Å². The minimum absolute atomic E-state index is 0.0294. The number of amides is 1. The van der Waals surface area contributed by atoms with Crippen molar-refractivity contribution in [3.63, 3.8) is 0 Å². The normalized spacial score (nSPS) is 10.8. The maximum atomic E-state index is 12.4. The zero-order chi connectivity index (χ0) is 23.1. The summed E-state index contributed by atoms with van der Waals surface area (Å²) in [6.45, 7) is 0.299. The van der Waals surface area contributed by atoms with E-state index in [1.807, 2.05) is 12.1 Å². The molecular formula is C24H16Cl2N2O4. The van der Waals surface area contributed by atoms with Gasteiger partial charge in [0, 0.05) is 5.69 Å². The first kappa shape index (κ1) is 22.9. The van der Waals surface area contributed by atoms with Gasteiger partial charge in [-0.2, -0.15) is 5.26 Å². The highest BCUT2D eigenvalue weighted by Crippen LogP contribution is 2.24. The third kappa shape index (κ3) is 6.11. The molecule has 0 heterocycles. The largest absolute Gasteiger partial charge is 0.489 e. The number of nitriles is 1. The van der Waals surface area contributed by atoms with Gasteiger partial charge in [0.15, 0.2) is 0 Å². The lowest BCUT2D eigenvalue weighted by Gasteiger charge is -2.08. The number of halogens is 2. The molecule has 0 aromatic heterocycles. The molecule has 0 saturated carbocycles. The van der Waals surface area contributed by atoms with Crippen LogP contribution in [0.4, 0.5) is 5.69 Å². The summed E-state index contributed by atoms with van der Waals surface area (Å²) < 4.78 is 5.72. The molecule has 160 valence electrons. The molecule has 3 aromatic rings. The van der Waals surface area contributed by atoms with Crippen molar-refractivity contribution in [3.05, 3.63) is 99.0 Å². The summed E-state index contributed by atoms with van der Waals surface area (Å²) in [6.07, 6.45) is 1.43. The summed E-state index contributed by atoms with van der Waals surface area (Å²) in [5.74, 6) is -1.16. The van der Waals surface area contributed by atoms with E-state index in [2.05, 4.69) is 5.32 Å². The van der Waals surface area contributed by atoms with E-state index >= 15 is 0 Å². The molecule has 0 spiro atoms. The number of carbonyl (C=O) groups is 2. The molecule has 8 heteroatoms. The number of carboxylic acids is 1. The molecule has 0 fully saturated rings. The summed E-state index contributed by atoms with van der Waals surface area (Å²) >= 11 is 11.9. The number of anilines is 1. The van der Waals surface area contributed by atoms with Gasteiger partial charge in [0.05, 0.1) is 15.6 Å². The van der Waals surface area contributed by atoms with Crippen LogP contribution in [0.25, 0.3) is 6.08 Å². The van der Waals surface area contributed by atoms with Crippen LogP contribution in [0.1, 0.15) is 21.5 Å². The van der Waals surface area contributed by atoms with E-state index in [-0.39, 0.29) is 16.8 Å². The highest BCUT2D eigenvalue weighted by atomic mass is 35.5. The molecule has 1 amide bonds. The van der Waals surface area contributed by atoms with Crippen molar-refractivity contribution < 1.29 is 19.4 Å². The van der Waals surface area contributed by atoms with E-state index in [0.717, 1.165) is 5.56 Å². The quantitative estimate of drug-likeness (QED) is 0.337. The Morgan fingerprint density at radius 3 is 2.44 bits per heavy atom. The Kier molecular flexibility index (Phi) is 7.50. The molecule has 0 saturated heterocycles. The van der Waals surface area contributed by atoms with Crippen molar-refractivity contribution in [1.82, 2.24) is 0 Å². The van der Waals surface area contributed by atoms with Gasteiger partial charge in [0.1, 0.15) is 24.0 Å². The number of nitrogens with one attached hydrogen (secondary N) is 1. The molecule has 0 radical (unpaired) electrons. The van der Waals surface area contributed by atoms with Gasteiger partial charge in [-0.1, -0.05) is 47.5 Å². The number of aromatic carboxylic acids is 1. The molecule has 0 aliphatic rings. The molecule has 2 N–H and O–H groups in total. The first-order chi connectivity index (χ1) is 15.4. The molecule has 0 aliphatic carbocycles. The van der Waals surface area contributed by atoms with Crippen molar-refractivity contribution in [3.8, 4) is 11.8 Å². The zero-order valence-electron chi connectivity index (χ0n) is 16.5. The fourth-order valence-corrected chi connectivity index (χ4v) is 3.02. The van der Waals surface area contributed by atoms with Gasteiger partial charge in [0.2, 0.25) is 0 Å². The zero-order valence-corrected chi connectivity index (χ0v) is 18.0. The minimum Gasteiger partial charge on any atom is -0.489 e. The highest BCUT2D eigenvalue weighted by Gasteiger charge is 2.11. The van der Waals surface area contributed by atoms with Gasteiger partial charge in [-0.3, -0.25) is 4.79 Å². The van der Waals surface area contributed by atoms with Crippen LogP contribution >= 0.6 is 23.2 Å². The van der Waals surface area contributed by atoms with Crippen molar-refractivity contribution in [2.24, 2.45) is 0 Å². The maximum Gasteiger partial charge on any atom is 0.335 e. The second kappa shape index (κ2) is 10.5. The minimum atomic E-state index is -1.11. The van der Waals surface area contributed by atoms with Crippen LogP contribution in [0.5, 0.6) is 5.75 Å². The molecule has 3 rings (SSSR count). The summed E-state index contributed by atoms with van der Waals surface area (Å²) in [6, 6.07) is 19.7. The lowest BCUT2D eigenvalue weighted by atomic mass is 10.1. The summed E-state index contributed by atoms with van der Waals surface area (Å²) in [7, 11) is 0. The molecule has 32 heavy (non-hydrogen) atoms. The van der Waals surface area contributed by atoms with Crippen molar-refractivity contribution in [1.29, 1.82) is 5.26 Å². The molecule has 6 nitrogen and oxygen atoms in total. The number of carbonyl (C=O) groups excluding carboxylic acids is 1. The first-order valence-corrected chi connectivity index (χ1v) is 10.0. The van der Waals surface area contributed by atoms with Gasteiger partial charge in [0.25, 0.3) is 5.91 Å². The van der Waals surface area contributed by atoms with Gasteiger partial charge < -0.3 is 15.2 Å². The molecule has 3 aromatic carbocycles. The van der Waals surface area contributed by atoms with E-state index < -0.39 is 11.9 Å². The topological polar surface area (TPSA) is 99.4 Å². The number of ether oxygens (including phenoxy) is 1. The van der Waals surface area contributed by atoms with E-state index in [9.17, 15) is 14.9 Å². The summed E-state index contributed by atoms with van der Waals surface area (Å²) in [4.78, 5) is 23.5. The Bertz CT molecular complexity index is 1230. The Labute approximate surface area is 194 Å². The van der Waals surface area contributed by atoms with E-state index in [1.165, 1.54) is 24.3 Å². The predicted molar refractivity (Wildman–Crippen MR) is 123 cm³/mol. The Balaban J connectivity index is 1.66. The fraction of sp³-hybridized carbons (Fsp3) is 0.0417. The molecule has 0 unspecified atom stereocenters. The number of carboxylic acid groups (broad SMARTS) is 1. The highest BCUT2D eigenvalue weighted by molar-refractivity contribution is 6.42. The molecule has 0 aliphatic heterocycles. The van der Waals surface area contributed by atoms with Crippen LogP contribution in [-0.4, -0.2) is 17.0 Å². The molecule has 0 atom stereocenters. The third-order valence-corrected chi connectivity index (χ3v) is 5.05. The van der Waals surface area contributed by atoms with Crippen LogP contribution in [0.15, 0.2) is 72.3 Å². The Morgan fingerprint density at radius 2 is 1.78 bits per heavy atom. The number of rotatable bonds is 7. The molecular weight excluding hydrogens is 451 g/mol. The Hall–Kier alpha value is -3.79. The van der Waals surface area contributed by atoms with Crippen LogP contribution in [-0.2, 0) is 11.4 Å². The van der Waals surface area contributed by atoms with Crippen molar-refractivity contribution in [2.75, 3.05) is 5.32 Å². The van der Waals surface area contributed by atoms with Gasteiger partial charge >= 0.3 is 5.97 Å². The molecule has 0 bridgehead atoms. The Morgan fingerprint density at radius 1 is 1.03 bits per heavy atom. The van der Waals surface area contributed by atoms with Gasteiger partial charge in [-0.25, -0.2) is 4.79 Å². The van der Waals surface area contributed by atoms with Crippen LogP contribution in [0, 0.1) is 11.3 Å². The average molecular weight is 467 g/mol. The van der Waals surface area contributed by atoms with Crippen molar-refractivity contribution in [2.45, 2.75) is 6.61 Å². The lowest BCUT2D eigenvalue weighted by Crippen LogP contribution is -2.13. The van der Waals surface area contributed by atoms with Crippen LogP contribution in [0.3, 0.4) is 0 Å². The first-order valence-electron chi connectivity index (χ1n) is 9.29. The lowest BCUT2D eigenvalue weighted by molar-refractivity contribution is -0.112. The van der Waals surface area contributed by atoms with Crippen molar-refractivity contribution >= 4 is 46.8 Å². The second-order valence-electron chi connectivity index (χ2n) is 6.62. The SMILES string of the molecule is N#C/C(=C/c1ccc(OCc2ccc(Cl)c(Cl)c2)cc1)C(=O)Nc1cccc(C(=O)O)c1. The van der Waals surface area contributed by atoms with E-state index in [0.29, 0.717) is 28.0 Å². The van der Waals surface area contributed by atoms with Gasteiger partial charge in [-0.05, 0) is 59.7 Å². The number of benzene rings is 3. The monoisotopic (exact) mass is 466 g/mol. The third-order valence-electron chi connectivity index (χ3n) is 4.31. The van der Waals surface area contributed by atoms with Crippen LogP contribution in [0.2, 0.25) is 10.0 Å². The number of hydrogen-bond donors (Lipinski definition) is 2. The summed E-state index contributed by atoms with van der Waals surface area (Å²) in [5, 5.41) is 21.9. The van der Waals surface area contributed by atoms with Crippen LogP contribution < -0.4 is 10.1 Å². The standard InChI is InChI=1S/C24H16Cl2N2O4/c25-21-9-6-16(11-22(21)26)14-32-20-7-4-15(5-8-20)10-18(13-27)23(29)28-19-3-1-2-17(12-19)24(30)31/h1-12H,14H2,(H,28,29)(H,30,31)/b18-10-. The average Bonchev–Trinajstić information content (AvgIpc) is 2.79. The maximum absolute atomic E-state index is 12.4. The second-order valence-corrected chi connectivity index (χ2v) is 7.43. The smallest absolute Gasteiger partial charge is 0.335 e. The predicted octanol–water partition coefficient (Wildman–Crippen LogP) is 5.82. The summed E-state index contributed by atoms with van der Waals surface area (Å²) in [5.41, 5.74) is 1.66. The fourth-order valence-electron chi connectivity index (χ4n) is 2.70.